The summed E-state index contributed by atoms with van der Waals surface area (Å²) in [5.74, 6) is -1.51. The van der Waals surface area contributed by atoms with E-state index in [9.17, 15) is 23.7 Å². The predicted octanol–water partition coefficient (Wildman–Crippen LogP) is 2.60. The Morgan fingerprint density at radius 2 is 1.45 bits per heavy atom. The molecule has 4 amide bonds. The minimum absolute atomic E-state index is 0.0690. The van der Waals surface area contributed by atoms with E-state index >= 15 is 0 Å². The Morgan fingerprint density at radius 3 is 1.93 bits per heavy atom. The molecular formula is C28H54N5O6P. The third-order valence-electron chi connectivity index (χ3n) is 6.79. The van der Waals surface area contributed by atoms with Crippen LogP contribution in [0.15, 0.2) is 0 Å². The fraction of sp³-hybridized carbons (Fsp3) is 0.857. The van der Waals surface area contributed by atoms with E-state index in [2.05, 4.69) is 26.6 Å². The first-order valence-corrected chi connectivity index (χ1v) is 16.8. The van der Waals surface area contributed by atoms with Crippen LogP contribution in [0.25, 0.3) is 0 Å². The van der Waals surface area contributed by atoms with E-state index in [0.29, 0.717) is 19.3 Å². The fourth-order valence-corrected chi connectivity index (χ4v) is 7.12. The second-order valence-electron chi connectivity index (χ2n) is 12.1. The second-order valence-corrected chi connectivity index (χ2v) is 14.7. The molecule has 1 fully saturated rings. The lowest BCUT2D eigenvalue weighted by Crippen LogP contribution is -2.52. The molecule has 0 radical (unpaired) electrons. The van der Waals surface area contributed by atoms with Gasteiger partial charge in [-0.25, -0.2) is 0 Å². The molecule has 1 rings (SSSR count). The molecule has 0 bridgehead atoms. The molecule has 5 atom stereocenters. The highest BCUT2D eigenvalue weighted by Gasteiger charge is 2.35. The van der Waals surface area contributed by atoms with Gasteiger partial charge < -0.3 is 31.1 Å². The Labute approximate surface area is 240 Å². The summed E-state index contributed by atoms with van der Waals surface area (Å²) in [6.45, 7) is 14.4. The van der Waals surface area contributed by atoms with Crippen molar-refractivity contribution in [1.29, 1.82) is 0 Å². The maximum Gasteiger partial charge on any atom is 0.243 e. The van der Waals surface area contributed by atoms with E-state index in [1.807, 2.05) is 41.5 Å². The van der Waals surface area contributed by atoms with Gasteiger partial charge in [-0.15, -0.1) is 0 Å². The molecule has 12 heteroatoms. The van der Waals surface area contributed by atoms with Gasteiger partial charge in [0.05, 0.1) is 18.9 Å². The van der Waals surface area contributed by atoms with Crippen molar-refractivity contribution in [2.75, 3.05) is 32.6 Å². The Bertz CT molecular complexity index is 875. The number of likely N-dealkylation sites (N-methyl/N-ethyl adjacent to an activating group) is 1. The summed E-state index contributed by atoms with van der Waals surface area (Å²) in [7, 11) is -1.96. The minimum atomic E-state index is -3.49. The van der Waals surface area contributed by atoms with Crippen LogP contribution in [0.1, 0.15) is 80.6 Å². The summed E-state index contributed by atoms with van der Waals surface area (Å²) in [5.41, 5.74) is 0. The molecule has 0 aliphatic carbocycles. The smallest absolute Gasteiger partial charge is 0.243 e. The van der Waals surface area contributed by atoms with Gasteiger partial charge in [0.2, 0.25) is 31.0 Å². The molecule has 0 spiro atoms. The monoisotopic (exact) mass is 587 g/mol. The first kappa shape index (κ1) is 36.1. The SMILES string of the molecule is CCOP(=O)(CNC(=O)[C@H](CC(C)C)NC(=O)[C@@H]1CCCN1)CC(CC(C)C)C(=O)N[C@@H](CC(C)C)C(=O)NC. The first-order valence-electron chi connectivity index (χ1n) is 14.8. The molecule has 11 nitrogen and oxygen atoms in total. The van der Waals surface area contributed by atoms with Gasteiger partial charge in [0.1, 0.15) is 12.1 Å². The van der Waals surface area contributed by atoms with Crippen LogP contribution in [0.4, 0.5) is 0 Å². The summed E-state index contributed by atoms with van der Waals surface area (Å²) in [4.78, 5) is 51.7. The molecule has 0 aromatic carbocycles. The van der Waals surface area contributed by atoms with Gasteiger partial charge in [-0.2, -0.15) is 0 Å². The summed E-state index contributed by atoms with van der Waals surface area (Å²) < 4.78 is 19.6. The number of carbonyl (C=O) groups excluding carboxylic acids is 4. The lowest BCUT2D eigenvalue weighted by Gasteiger charge is -2.28. The zero-order valence-electron chi connectivity index (χ0n) is 25.8. The van der Waals surface area contributed by atoms with E-state index in [-0.39, 0.29) is 60.6 Å². The third kappa shape index (κ3) is 13.1. The Hall–Kier alpha value is -1.97. The number of rotatable bonds is 18. The van der Waals surface area contributed by atoms with Gasteiger partial charge in [-0.3, -0.25) is 23.7 Å². The van der Waals surface area contributed by atoms with Crippen LogP contribution >= 0.6 is 7.37 Å². The van der Waals surface area contributed by atoms with Crippen molar-refractivity contribution in [2.45, 2.75) is 98.7 Å². The highest BCUT2D eigenvalue weighted by Crippen LogP contribution is 2.48. The lowest BCUT2D eigenvalue weighted by molar-refractivity contribution is -0.131. The van der Waals surface area contributed by atoms with Crippen LogP contribution in [0.3, 0.4) is 0 Å². The summed E-state index contributed by atoms with van der Waals surface area (Å²) in [6.07, 6.45) is 2.65. The minimum Gasteiger partial charge on any atom is -0.357 e. The molecule has 232 valence electrons. The van der Waals surface area contributed by atoms with Crippen molar-refractivity contribution in [2.24, 2.45) is 23.7 Å². The summed E-state index contributed by atoms with van der Waals surface area (Å²) in [5, 5.41) is 14.2. The van der Waals surface area contributed by atoms with Gasteiger partial charge in [-0.1, -0.05) is 41.5 Å². The predicted molar refractivity (Wildman–Crippen MR) is 158 cm³/mol. The fourth-order valence-electron chi connectivity index (χ4n) is 4.94. The quantitative estimate of drug-likeness (QED) is 0.154. The van der Waals surface area contributed by atoms with Crippen LogP contribution in [0.5, 0.6) is 0 Å². The lowest BCUT2D eigenvalue weighted by atomic mass is 9.96. The number of nitrogens with one attached hydrogen (secondary N) is 5. The molecule has 0 aromatic rings. The number of hydrogen-bond donors (Lipinski definition) is 5. The molecule has 1 aliphatic heterocycles. The van der Waals surface area contributed by atoms with Gasteiger partial charge in [0.25, 0.3) is 0 Å². The van der Waals surface area contributed by atoms with Gasteiger partial charge in [0.15, 0.2) is 0 Å². The molecular weight excluding hydrogens is 533 g/mol. The summed E-state index contributed by atoms with van der Waals surface area (Å²) >= 11 is 0. The van der Waals surface area contributed by atoms with Crippen LogP contribution < -0.4 is 26.6 Å². The van der Waals surface area contributed by atoms with Crippen molar-refractivity contribution < 1.29 is 28.3 Å². The summed E-state index contributed by atoms with van der Waals surface area (Å²) in [6, 6.07) is -1.79. The molecule has 5 N–H and O–H groups in total. The maximum atomic E-state index is 14.0. The van der Waals surface area contributed by atoms with Gasteiger partial charge in [0, 0.05) is 19.1 Å². The molecule has 1 heterocycles. The van der Waals surface area contributed by atoms with Gasteiger partial charge >= 0.3 is 0 Å². The van der Waals surface area contributed by atoms with Crippen molar-refractivity contribution in [3.63, 3.8) is 0 Å². The molecule has 1 saturated heterocycles. The number of amides is 4. The molecule has 2 unspecified atom stereocenters. The van der Waals surface area contributed by atoms with Gasteiger partial charge in [-0.05, 0) is 63.3 Å². The highest BCUT2D eigenvalue weighted by atomic mass is 31.2. The van der Waals surface area contributed by atoms with Crippen molar-refractivity contribution in [3.8, 4) is 0 Å². The topological polar surface area (TPSA) is 155 Å². The highest BCUT2D eigenvalue weighted by molar-refractivity contribution is 7.59. The van der Waals surface area contributed by atoms with Crippen molar-refractivity contribution in [3.05, 3.63) is 0 Å². The van der Waals surface area contributed by atoms with Crippen LogP contribution in [-0.4, -0.2) is 74.4 Å². The normalized spacial score (nSPS) is 19.1. The average molecular weight is 588 g/mol. The standard InChI is InChI=1S/C28H54N5O6P/c1-9-39-40(38,16-21(13-18(2)3)25(34)32-23(14-19(4)5)26(35)29-8)17-31-27(36)24(15-20(6)7)33-28(37)22-11-10-12-30-22/h18-24,30H,9-17H2,1-8H3,(H,29,35)(H,31,36)(H,32,34)(H,33,37)/t21?,22-,23-,24-,40?/m0/s1. The average Bonchev–Trinajstić information content (AvgIpc) is 3.40. The van der Waals surface area contributed by atoms with Crippen LogP contribution in [0.2, 0.25) is 0 Å². The molecule has 0 saturated carbocycles. The molecule has 1 aliphatic rings. The third-order valence-corrected chi connectivity index (χ3v) is 9.15. The van der Waals surface area contributed by atoms with E-state index in [1.165, 1.54) is 7.05 Å². The Kier molecular flexibility index (Phi) is 16.0. The molecule has 40 heavy (non-hydrogen) atoms. The second kappa shape index (κ2) is 17.8. The molecule has 0 aromatic heterocycles. The maximum absolute atomic E-state index is 14.0. The zero-order valence-corrected chi connectivity index (χ0v) is 26.7. The van der Waals surface area contributed by atoms with E-state index in [4.69, 9.17) is 4.52 Å². The van der Waals surface area contributed by atoms with Crippen molar-refractivity contribution >= 4 is 31.0 Å². The Balaban J connectivity index is 3.02. The van der Waals surface area contributed by atoms with Crippen LogP contribution in [-0.2, 0) is 28.3 Å². The van der Waals surface area contributed by atoms with E-state index in [0.717, 1.165) is 19.4 Å². The van der Waals surface area contributed by atoms with E-state index in [1.54, 1.807) is 6.92 Å². The van der Waals surface area contributed by atoms with Crippen LogP contribution in [0, 0.1) is 23.7 Å². The van der Waals surface area contributed by atoms with E-state index < -0.39 is 31.3 Å². The van der Waals surface area contributed by atoms with Crippen molar-refractivity contribution in [1.82, 2.24) is 26.6 Å². The first-order chi connectivity index (χ1) is 18.7. The Morgan fingerprint density at radius 1 is 0.875 bits per heavy atom. The number of hydrogen-bond acceptors (Lipinski definition) is 7. The zero-order chi connectivity index (χ0) is 30.5. The number of carbonyl (C=O) groups is 4. The largest absolute Gasteiger partial charge is 0.357 e.